The van der Waals surface area contributed by atoms with Crippen molar-refractivity contribution in [2.75, 3.05) is 20.7 Å². The molecular formula is C26H36N4O5. The molecule has 3 rings (SSSR count). The molecule has 9 heteroatoms. The second-order valence-corrected chi connectivity index (χ2v) is 8.54. The molecular weight excluding hydrogens is 448 g/mol. The average molecular weight is 485 g/mol. The lowest BCUT2D eigenvalue weighted by atomic mass is 9.96. The van der Waals surface area contributed by atoms with E-state index in [-0.39, 0.29) is 26.0 Å². The lowest BCUT2D eigenvalue weighted by Crippen LogP contribution is -2.55. The zero-order chi connectivity index (χ0) is 24.8. The number of esters is 1. The Bertz CT molecular complexity index is 1060. The van der Waals surface area contributed by atoms with Gasteiger partial charge in [0.05, 0.1) is 13.2 Å². The number of aromatic hydroxyl groups is 1. The molecule has 1 aliphatic heterocycles. The summed E-state index contributed by atoms with van der Waals surface area (Å²) in [6.45, 7) is 0.337. The van der Waals surface area contributed by atoms with Crippen molar-refractivity contribution in [2.24, 2.45) is 11.5 Å². The van der Waals surface area contributed by atoms with E-state index in [2.05, 4.69) is 5.32 Å². The molecule has 9 nitrogen and oxygen atoms in total. The van der Waals surface area contributed by atoms with E-state index in [1.54, 1.807) is 18.2 Å². The first kappa shape index (κ1) is 27.8. The molecule has 0 fully saturated rings. The SMILES string of the molecule is C.COC(=O)[C@@H]1Cc2cccc(c2)-c2ccc(O)c(c2)C[C@H](N)C(=O)N[C@@H](CCCN)C(=O)N1C. The van der Waals surface area contributed by atoms with Crippen molar-refractivity contribution in [1.82, 2.24) is 10.2 Å². The minimum Gasteiger partial charge on any atom is -0.508 e. The number of nitrogens with one attached hydrogen (secondary N) is 1. The van der Waals surface area contributed by atoms with E-state index >= 15 is 0 Å². The Labute approximate surface area is 206 Å². The summed E-state index contributed by atoms with van der Waals surface area (Å²) in [6.07, 6.45) is 1.10. The average Bonchev–Trinajstić information content (AvgIpc) is 2.84. The van der Waals surface area contributed by atoms with E-state index in [0.29, 0.717) is 24.9 Å². The van der Waals surface area contributed by atoms with Gasteiger partial charge in [0.1, 0.15) is 17.8 Å². The summed E-state index contributed by atoms with van der Waals surface area (Å²) in [5.74, 6) is -1.48. The van der Waals surface area contributed by atoms with Gasteiger partial charge in [-0.2, -0.15) is 0 Å². The maximum absolute atomic E-state index is 13.4. The Morgan fingerprint density at radius 3 is 2.57 bits per heavy atom. The molecule has 1 aliphatic rings. The number of hydrogen-bond donors (Lipinski definition) is 4. The number of phenolic OH excluding ortho intramolecular Hbond substituents is 1. The molecule has 0 spiro atoms. The van der Waals surface area contributed by atoms with Gasteiger partial charge < -0.3 is 31.5 Å². The number of phenols is 1. The molecule has 0 saturated carbocycles. The Balaban J connectivity index is 0.00000432. The van der Waals surface area contributed by atoms with E-state index in [1.165, 1.54) is 19.1 Å². The van der Waals surface area contributed by atoms with Crippen molar-refractivity contribution >= 4 is 17.8 Å². The number of ether oxygens (including phenoxy) is 1. The van der Waals surface area contributed by atoms with E-state index in [0.717, 1.165) is 16.7 Å². The number of carbonyl (C=O) groups is 3. The fraction of sp³-hybridized carbons (Fsp3) is 0.423. The summed E-state index contributed by atoms with van der Waals surface area (Å²) in [6, 6.07) is 9.93. The van der Waals surface area contributed by atoms with Crippen LogP contribution in [0.25, 0.3) is 11.1 Å². The van der Waals surface area contributed by atoms with Crippen molar-refractivity contribution < 1.29 is 24.2 Å². The third kappa shape index (κ3) is 6.58. The highest BCUT2D eigenvalue weighted by Crippen LogP contribution is 2.28. The quantitative estimate of drug-likeness (QED) is 0.479. The molecule has 3 atom stereocenters. The minimum absolute atomic E-state index is 0. The van der Waals surface area contributed by atoms with Crippen molar-refractivity contribution in [3.8, 4) is 16.9 Å². The number of rotatable bonds is 4. The first-order valence-corrected chi connectivity index (χ1v) is 11.3. The van der Waals surface area contributed by atoms with Crippen molar-refractivity contribution in [1.29, 1.82) is 0 Å². The summed E-state index contributed by atoms with van der Waals surface area (Å²) in [5, 5.41) is 13.1. The van der Waals surface area contributed by atoms with E-state index < -0.39 is 35.9 Å². The molecule has 6 N–H and O–H groups in total. The van der Waals surface area contributed by atoms with Gasteiger partial charge in [0.2, 0.25) is 11.8 Å². The van der Waals surface area contributed by atoms with Crippen LogP contribution in [0.1, 0.15) is 31.4 Å². The van der Waals surface area contributed by atoms with Crippen LogP contribution >= 0.6 is 0 Å². The number of carbonyl (C=O) groups excluding carboxylic acids is 3. The molecule has 0 saturated heterocycles. The lowest BCUT2D eigenvalue weighted by molar-refractivity contribution is -0.152. The molecule has 0 aliphatic carbocycles. The second-order valence-electron chi connectivity index (χ2n) is 8.54. The maximum atomic E-state index is 13.4. The van der Waals surface area contributed by atoms with Gasteiger partial charge in [-0.15, -0.1) is 0 Å². The standard InChI is InChI=1S/C25H32N4O5.CH4/c1-29-21(25(33)34-2)12-15-5-3-6-16(11-15)17-8-9-22(30)18(13-17)14-19(27)23(31)28-20(24(29)32)7-4-10-26;/h3,5-6,8-9,11,13,19-21,30H,4,7,10,12,14,26-27H2,1-2H3,(H,28,31);1H4/t19-,20-,21-;/m0./s1. The molecule has 4 bridgehead atoms. The molecule has 2 aromatic rings. The number of amides is 2. The smallest absolute Gasteiger partial charge is 0.328 e. The van der Waals surface area contributed by atoms with Gasteiger partial charge >= 0.3 is 5.97 Å². The molecule has 0 radical (unpaired) electrons. The van der Waals surface area contributed by atoms with Gasteiger partial charge in [-0.3, -0.25) is 9.59 Å². The molecule has 2 aromatic carbocycles. The van der Waals surface area contributed by atoms with Gasteiger partial charge in [-0.05, 0) is 53.8 Å². The monoisotopic (exact) mass is 484 g/mol. The van der Waals surface area contributed by atoms with Crippen LogP contribution in [0.15, 0.2) is 42.5 Å². The minimum atomic E-state index is -0.993. The van der Waals surface area contributed by atoms with Crippen LogP contribution < -0.4 is 16.8 Å². The van der Waals surface area contributed by atoms with Crippen molar-refractivity contribution in [3.63, 3.8) is 0 Å². The Hall–Kier alpha value is -3.43. The molecule has 1 heterocycles. The van der Waals surface area contributed by atoms with Crippen LogP contribution in [0.2, 0.25) is 0 Å². The highest BCUT2D eigenvalue weighted by atomic mass is 16.5. The number of hydrogen-bond acceptors (Lipinski definition) is 7. The Morgan fingerprint density at radius 2 is 1.89 bits per heavy atom. The van der Waals surface area contributed by atoms with Gasteiger partial charge in [0, 0.05) is 19.9 Å². The fourth-order valence-electron chi connectivity index (χ4n) is 4.13. The predicted octanol–water partition coefficient (Wildman–Crippen LogP) is 1.34. The third-order valence-corrected chi connectivity index (χ3v) is 6.15. The number of likely N-dealkylation sites (N-methyl/N-ethyl adjacent to an activating group) is 1. The second kappa shape index (κ2) is 12.3. The number of nitrogens with two attached hydrogens (primary N) is 2. The summed E-state index contributed by atoms with van der Waals surface area (Å²) in [7, 11) is 2.80. The maximum Gasteiger partial charge on any atom is 0.328 e. The first-order valence-electron chi connectivity index (χ1n) is 11.3. The molecule has 0 unspecified atom stereocenters. The zero-order valence-electron chi connectivity index (χ0n) is 19.5. The number of nitrogens with zero attached hydrogens (tertiary/aromatic N) is 1. The third-order valence-electron chi connectivity index (χ3n) is 6.15. The van der Waals surface area contributed by atoms with Gasteiger partial charge in [0.25, 0.3) is 0 Å². The van der Waals surface area contributed by atoms with Crippen LogP contribution in [-0.2, 0) is 32.0 Å². The molecule has 35 heavy (non-hydrogen) atoms. The van der Waals surface area contributed by atoms with Gasteiger partial charge in [-0.25, -0.2) is 4.79 Å². The molecule has 0 aromatic heterocycles. The van der Waals surface area contributed by atoms with Crippen LogP contribution in [-0.4, -0.2) is 66.6 Å². The zero-order valence-corrected chi connectivity index (χ0v) is 19.5. The van der Waals surface area contributed by atoms with E-state index in [4.69, 9.17) is 16.2 Å². The molecule has 2 amide bonds. The summed E-state index contributed by atoms with van der Waals surface area (Å²) in [4.78, 5) is 40.3. The van der Waals surface area contributed by atoms with Crippen LogP contribution in [0.4, 0.5) is 0 Å². The van der Waals surface area contributed by atoms with Crippen LogP contribution in [0.3, 0.4) is 0 Å². The van der Waals surface area contributed by atoms with Gasteiger partial charge in [-0.1, -0.05) is 37.8 Å². The summed E-state index contributed by atoms with van der Waals surface area (Å²) in [5.41, 5.74) is 14.8. The number of benzene rings is 2. The van der Waals surface area contributed by atoms with E-state index in [9.17, 15) is 19.5 Å². The predicted molar refractivity (Wildman–Crippen MR) is 134 cm³/mol. The highest BCUT2D eigenvalue weighted by Gasteiger charge is 2.33. The van der Waals surface area contributed by atoms with E-state index in [1.807, 2.05) is 24.3 Å². The topological polar surface area (TPSA) is 148 Å². The van der Waals surface area contributed by atoms with Crippen molar-refractivity contribution in [3.05, 3.63) is 53.6 Å². The number of fused-ring (bicyclic) bond motifs is 5. The van der Waals surface area contributed by atoms with Crippen LogP contribution in [0, 0.1) is 0 Å². The Kier molecular flexibility index (Phi) is 9.79. The lowest BCUT2D eigenvalue weighted by Gasteiger charge is -2.30. The first-order chi connectivity index (χ1) is 16.2. The molecule has 190 valence electrons. The fourth-order valence-corrected chi connectivity index (χ4v) is 4.13. The number of methoxy groups -OCH3 is 1. The highest BCUT2D eigenvalue weighted by molar-refractivity contribution is 5.92. The Morgan fingerprint density at radius 1 is 1.17 bits per heavy atom. The van der Waals surface area contributed by atoms with Crippen LogP contribution in [0.5, 0.6) is 5.75 Å². The summed E-state index contributed by atoms with van der Waals surface area (Å²) >= 11 is 0. The summed E-state index contributed by atoms with van der Waals surface area (Å²) < 4.78 is 4.98. The van der Waals surface area contributed by atoms with Gasteiger partial charge in [0.15, 0.2) is 0 Å². The van der Waals surface area contributed by atoms with Crippen molar-refractivity contribution in [2.45, 2.75) is 51.2 Å². The normalized spacial score (nSPS) is 20.7. The largest absolute Gasteiger partial charge is 0.508 e.